The van der Waals surface area contributed by atoms with Gasteiger partial charge in [-0.25, -0.2) is 4.98 Å². The number of rotatable bonds is 0. The fourth-order valence-corrected chi connectivity index (χ4v) is 1.49. The van der Waals surface area contributed by atoms with Gasteiger partial charge in [-0.15, -0.1) is 11.3 Å². The zero-order valence-corrected chi connectivity index (χ0v) is 6.14. The largest absolute Gasteiger partial charge is 0.238 e. The highest BCUT2D eigenvalue weighted by molar-refractivity contribution is 7.16. The van der Waals surface area contributed by atoms with Gasteiger partial charge >= 0.3 is 0 Å². The van der Waals surface area contributed by atoms with Crippen molar-refractivity contribution in [1.82, 2.24) is 4.98 Å². The van der Waals surface area contributed by atoms with Gasteiger partial charge in [0.1, 0.15) is 5.52 Å². The topological polar surface area (TPSA) is 16.8 Å². The lowest BCUT2D eigenvalue weighted by Crippen LogP contribution is -2.22. The first kappa shape index (κ1) is 5.80. The molecule has 1 radical (unpaired) electrons. The highest BCUT2D eigenvalue weighted by Gasteiger charge is 1.99. The third-order valence-electron chi connectivity index (χ3n) is 1.33. The molecule has 10 heavy (non-hydrogen) atoms. The molecule has 0 atom stereocenters. The van der Waals surface area contributed by atoms with Crippen molar-refractivity contribution in [3.05, 3.63) is 31.0 Å². The van der Waals surface area contributed by atoms with Crippen LogP contribution in [0.2, 0.25) is 0 Å². The number of hydrogen-bond donors (Lipinski definition) is 0. The third kappa shape index (κ3) is 0.789. The second-order valence-corrected chi connectivity index (χ2v) is 2.95. The van der Waals surface area contributed by atoms with Crippen LogP contribution in [0.5, 0.6) is 0 Å². The maximum Gasteiger partial charge on any atom is 0.206 e. The van der Waals surface area contributed by atoms with E-state index in [1.54, 1.807) is 15.9 Å². The maximum atomic E-state index is 4.14. The Bertz CT molecular complexity index is 353. The lowest BCUT2D eigenvalue weighted by atomic mass is 10.4. The summed E-state index contributed by atoms with van der Waals surface area (Å²) in [6.07, 6.45) is 3.83. The lowest BCUT2D eigenvalue weighted by molar-refractivity contribution is -0.610. The van der Waals surface area contributed by atoms with E-state index in [0.29, 0.717) is 0 Å². The van der Waals surface area contributed by atoms with Crippen LogP contribution in [0.25, 0.3) is 10.2 Å². The summed E-state index contributed by atoms with van der Waals surface area (Å²) in [5.41, 5.74) is 2.85. The lowest BCUT2D eigenvalue weighted by Gasteiger charge is -1.83. The van der Waals surface area contributed by atoms with Gasteiger partial charge in [0.25, 0.3) is 0 Å². The van der Waals surface area contributed by atoms with Crippen LogP contribution in [0.3, 0.4) is 0 Å². The number of hydrogen-bond acceptors (Lipinski definition) is 2. The normalized spacial score (nSPS) is 10.5. The molecule has 2 aromatic rings. The predicted octanol–water partition coefficient (Wildman–Crippen LogP) is 1.22. The molecule has 0 aliphatic carbocycles. The first-order valence-corrected chi connectivity index (χ1v) is 3.79. The molecule has 49 valence electrons. The summed E-state index contributed by atoms with van der Waals surface area (Å²) in [7, 11) is 3.73. The zero-order chi connectivity index (χ0) is 6.97. The Morgan fingerprint density at radius 1 is 1.60 bits per heavy atom. The Hall–Kier alpha value is -0.960. The molecule has 0 unspecified atom stereocenters. The summed E-state index contributed by atoms with van der Waals surface area (Å²) in [6, 6.07) is 2.01. The Morgan fingerprint density at radius 3 is 3.40 bits per heavy atom. The molecule has 0 spiro atoms. The van der Waals surface area contributed by atoms with Gasteiger partial charge in [0.15, 0.2) is 12.4 Å². The standard InChI is InChI=1S/C7H6N2S/c1-9-3-2-7-6(4-9)8-5-10-7/h2-5H,1H2/q+1. The van der Waals surface area contributed by atoms with E-state index in [2.05, 4.69) is 12.0 Å². The molecule has 0 fully saturated rings. The average Bonchev–Trinajstić information content (AvgIpc) is 2.33. The summed E-state index contributed by atoms with van der Waals surface area (Å²) in [5.74, 6) is 0. The zero-order valence-electron chi connectivity index (χ0n) is 5.32. The van der Waals surface area contributed by atoms with Gasteiger partial charge in [-0.05, 0) is 0 Å². The number of fused-ring (bicyclic) bond motifs is 1. The first-order chi connectivity index (χ1) is 4.86. The summed E-state index contributed by atoms with van der Waals surface area (Å²) in [4.78, 5) is 4.14. The molecule has 0 N–H and O–H groups in total. The van der Waals surface area contributed by atoms with Crippen molar-refractivity contribution < 1.29 is 4.57 Å². The van der Waals surface area contributed by atoms with Gasteiger partial charge < -0.3 is 0 Å². The molecule has 2 aromatic heterocycles. The highest BCUT2D eigenvalue weighted by Crippen LogP contribution is 2.13. The molecule has 2 rings (SSSR count). The molecule has 2 nitrogen and oxygen atoms in total. The summed E-state index contributed by atoms with van der Waals surface area (Å²) in [5, 5.41) is 0. The SMILES string of the molecule is [CH2][n+]1ccc2scnc2c1. The van der Waals surface area contributed by atoms with Gasteiger partial charge in [0.2, 0.25) is 7.05 Å². The molecule has 0 aliphatic rings. The Kier molecular flexibility index (Phi) is 1.17. The van der Waals surface area contributed by atoms with Crippen molar-refractivity contribution in [3.8, 4) is 0 Å². The number of nitrogens with zero attached hydrogens (tertiary/aromatic N) is 2. The maximum absolute atomic E-state index is 4.14. The molecule has 2 heterocycles. The molecular weight excluding hydrogens is 144 g/mol. The van der Waals surface area contributed by atoms with Crippen LogP contribution < -0.4 is 4.57 Å². The van der Waals surface area contributed by atoms with Crippen molar-refractivity contribution >= 4 is 21.6 Å². The summed E-state index contributed by atoms with van der Waals surface area (Å²) >= 11 is 1.64. The molecule has 0 saturated heterocycles. The third-order valence-corrected chi connectivity index (χ3v) is 2.14. The number of aromatic nitrogens is 2. The minimum atomic E-state index is 1.02. The van der Waals surface area contributed by atoms with E-state index >= 15 is 0 Å². The fourth-order valence-electron chi connectivity index (χ4n) is 0.849. The van der Waals surface area contributed by atoms with Crippen LogP contribution >= 0.6 is 11.3 Å². The Morgan fingerprint density at radius 2 is 2.50 bits per heavy atom. The predicted molar refractivity (Wildman–Crippen MR) is 40.6 cm³/mol. The van der Waals surface area contributed by atoms with E-state index in [1.807, 2.05) is 24.0 Å². The molecule has 0 aromatic carbocycles. The van der Waals surface area contributed by atoms with Gasteiger partial charge in [0, 0.05) is 6.07 Å². The van der Waals surface area contributed by atoms with Crippen molar-refractivity contribution in [1.29, 1.82) is 0 Å². The van der Waals surface area contributed by atoms with E-state index in [9.17, 15) is 0 Å². The van der Waals surface area contributed by atoms with Crippen molar-refractivity contribution in [2.24, 2.45) is 0 Å². The van der Waals surface area contributed by atoms with Crippen LogP contribution in [-0.2, 0) is 0 Å². The van der Waals surface area contributed by atoms with Crippen LogP contribution in [0.15, 0.2) is 24.0 Å². The minimum Gasteiger partial charge on any atom is -0.238 e. The van der Waals surface area contributed by atoms with Crippen molar-refractivity contribution in [2.45, 2.75) is 0 Å². The summed E-state index contributed by atoms with van der Waals surface area (Å²) < 4.78 is 2.96. The number of pyridine rings is 1. The van der Waals surface area contributed by atoms with Crippen LogP contribution in [0.1, 0.15) is 0 Å². The molecule has 0 saturated carbocycles. The van der Waals surface area contributed by atoms with Crippen molar-refractivity contribution in [3.63, 3.8) is 0 Å². The quantitative estimate of drug-likeness (QED) is 0.516. The molecule has 0 aliphatic heterocycles. The monoisotopic (exact) mass is 150 g/mol. The molecular formula is C7H6N2S+. The van der Waals surface area contributed by atoms with Crippen molar-refractivity contribution in [2.75, 3.05) is 0 Å². The van der Waals surface area contributed by atoms with E-state index in [-0.39, 0.29) is 0 Å². The fraction of sp³-hybridized carbons (Fsp3) is 0. The number of thiazole rings is 1. The molecule has 0 amide bonds. The summed E-state index contributed by atoms with van der Waals surface area (Å²) in [6.45, 7) is 0. The Labute approximate surface area is 62.8 Å². The van der Waals surface area contributed by atoms with E-state index < -0.39 is 0 Å². The van der Waals surface area contributed by atoms with Gasteiger partial charge in [-0.3, -0.25) is 0 Å². The smallest absolute Gasteiger partial charge is 0.206 e. The van der Waals surface area contributed by atoms with E-state index in [4.69, 9.17) is 0 Å². The van der Waals surface area contributed by atoms with Crippen LogP contribution in [-0.4, -0.2) is 4.98 Å². The Balaban J connectivity index is 2.86. The van der Waals surface area contributed by atoms with Gasteiger partial charge in [-0.2, -0.15) is 4.57 Å². The highest BCUT2D eigenvalue weighted by atomic mass is 32.1. The second kappa shape index (κ2) is 2.02. The molecule has 3 heteroatoms. The average molecular weight is 150 g/mol. The van der Waals surface area contributed by atoms with E-state index in [1.165, 1.54) is 4.70 Å². The second-order valence-electron chi connectivity index (χ2n) is 2.06. The van der Waals surface area contributed by atoms with Gasteiger partial charge in [0.05, 0.1) is 10.2 Å². The van der Waals surface area contributed by atoms with Crippen LogP contribution in [0, 0.1) is 7.05 Å². The first-order valence-electron chi connectivity index (χ1n) is 2.91. The minimum absolute atomic E-state index is 1.02. The van der Waals surface area contributed by atoms with Crippen LogP contribution in [0.4, 0.5) is 0 Å². The molecule has 0 bridgehead atoms. The van der Waals surface area contributed by atoms with E-state index in [0.717, 1.165) is 5.52 Å². The van der Waals surface area contributed by atoms with Gasteiger partial charge in [-0.1, -0.05) is 0 Å².